The van der Waals surface area contributed by atoms with Crippen molar-refractivity contribution in [2.45, 2.75) is 44.6 Å². The Bertz CT molecular complexity index is 424. The predicted molar refractivity (Wildman–Crippen MR) is 75.8 cm³/mol. The molecular weight excluding hydrogens is 238 g/mol. The van der Waals surface area contributed by atoms with Crippen LogP contribution in [0.25, 0.3) is 0 Å². The van der Waals surface area contributed by atoms with Crippen molar-refractivity contribution in [3.05, 3.63) is 35.9 Å². The molecule has 2 rings (SSSR count). The van der Waals surface area contributed by atoms with Gasteiger partial charge in [-0.1, -0.05) is 44.2 Å². The molecule has 19 heavy (non-hydrogen) atoms. The second-order valence-corrected chi connectivity index (χ2v) is 5.93. The molecule has 1 aromatic rings. The summed E-state index contributed by atoms with van der Waals surface area (Å²) in [5.41, 5.74) is 0.379. The minimum absolute atomic E-state index is 0.0153. The number of amides is 1. The summed E-state index contributed by atoms with van der Waals surface area (Å²) in [6.45, 7) is 4.48. The molecule has 1 atom stereocenters. The molecule has 3 heteroatoms. The van der Waals surface area contributed by atoms with Crippen LogP contribution in [0.5, 0.6) is 0 Å². The van der Waals surface area contributed by atoms with Gasteiger partial charge in [-0.25, -0.2) is 0 Å². The summed E-state index contributed by atoms with van der Waals surface area (Å²) < 4.78 is 0. The molecule has 0 radical (unpaired) electrons. The molecule has 1 fully saturated rings. The molecule has 1 amide bonds. The molecule has 1 aromatic carbocycles. The molecule has 1 unspecified atom stereocenters. The van der Waals surface area contributed by atoms with Crippen molar-refractivity contribution >= 4 is 5.91 Å². The van der Waals surface area contributed by atoms with Crippen LogP contribution in [0.3, 0.4) is 0 Å². The predicted octanol–water partition coefficient (Wildman–Crippen LogP) is 2.46. The van der Waals surface area contributed by atoms with Gasteiger partial charge in [0, 0.05) is 6.54 Å². The van der Waals surface area contributed by atoms with Crippen molar-refractivity contribution in [1.29, 1.82) is 0 Å². The molecule has 1 aliphatic carbocycles. The van der Waals surface area contributed by atoms with E-state index in [4.69, 9.17) is 0 Å². The third-order valence-electron chi connectivity index (χ3n) is 3.98. The number of nitrogens with one attached hydrogen (secondary N) is 1. The summed E-state index contributed by atoms with van der Waals surface area (Å²) >= 11 is 0. The van der Waals surface area contributed by atoms with E-state index in [-0.39, 0.29) is 17.7 Å². The van der Waals surface area contributed by atoms with Crippen LogP contribution in [-0.4, -0.2) is 23.2 Å². The Morgan fingerprint density at radius 2 is 1.95 bits per heavy atom. The number of benzene rings is 1. The zero-order valence-electron chi connectivity index (χ0n) is 11.7. The van der Waals surface area contributed by atoms with Crippen LogP contribution in [0.4, 0.5) is 0 Å². The zero-order chi connectivity index (χ0) is 13.9. The first kappa shape index (κ1) is 14.1. The van der Waals surface area contributed by atoms with Crippen LogP contribution < -0.4 is 5.32 Å². The van der Waals surface area contributed by atoms with E-state index >= 15 is 0 Å². The second-order valence-electron chi connectivity index (χ2n) is 5.93. The first-order valence-corrected chi connectivity index (χ1v) is 7.07. The highest BCUT2D eigenvalue weighted by atomic mass is 16.3. The average Bonchev–Trinajstić information content (AvgIpc) is 2.35. The zero-order valence-corrected chi connectivity index (χ0v) is 11.7. The third-order valence-corrected chi connectivity index (χ3v) is 3.98. The highest BCUT2D eigenvalue weighted by Gasteiger charge is 2.35. The third kappa shape index (κ3) is 3.35. The second kappa shape index (κ2) is 5.74. The van der Waals surface area contributed by atoms with E-state index in [2.05, 4.69) is 19.2 Å². The Morgan fingerprint density at radius 1 is 1.32 bits per heavy atom. The molecular formula is C16H23NO2. The monoisotopic (exact) mass is 261 g/mol. The van der Waals surface area contributed by atoms with E-state index in [9.17, 15) is 9.90 Å². The van der Waals surface area contributed by atoms with E-state index < -0.39 is 5.60 Å². The van der Waals surface area contributed by atoms with Crippen LogP contribution in [0.15, 0.2) is 30.3 Å². The van der Waals surface area contributed by atoms with Crippen molar-refractivity contribution in [2.24, 2.45) is 5.92 Å². The van der Waals surface area contributed by atoms with Gasteiger partial charge in [0.15, 0.2) is 0 Å². The Morgan fingerprint density at radius 3 is 2.42 bits per heavy atom. The summed E-state index contributed by atoms with van der Waals surface area (Å²) in [5.74, 6) is 0.102. The number of carbonyl (C=O) groups excluding carboxylic acids is 1. The van der Waals surface area contributed by atoms with Crippen LogP contribution in [-0.2, 0) is 4.79 Å². The van der Waals surface area contributed by atoms with Gasteiger partial charge in [-0.05, 0) is 30.7 Å². The van der Waals surface area contributed by atoms with Crippen LogP contribution in [0, 0.1) is 5.92 Å². The minimum atomic E-state index is -0.659. The van der Waals surface area contributed by atoms with Gasteiger partial charge < -0.3 is 10.4 Å². The fourth-order valence-corrected chi connectivity index (χ4v) is 2.62. The molecule has 3 nitrogen and oxygen atoms in total. The van der Waals surface area contributed by atoms with Gasteiger partial charge in [0.25, 0.3) is 0 Å². The normalized spacial score (nSPS) is 18.7. The van der Waals surface area contributed by atoms with Gasteiger partial charge in [0.1, 0.15) is 0 Å². The van der Waals surface area contributed by atoms with Gasteiger partial charge in [0.05, 0.1) is 11.5 Å². The van der Waals surface area contributed by atoms with Gasteiger partial charge in [-0.15, -0.1) is 0 Å². The van der Waals surface area contributed by atoms with Crippen LogP contribution in [0.1, 0.15) is 44.6 Å². The Balaban J connectivity index is 2.01. The maximum absolute atomic E-state index is 12.3. The first-order valence-electron chi connectivity index (χ1n) is 7.07. The molecule has 2 N–H and O–H groups in total. The van der Waals surface area contributed by atoms with Crippen molar-refractivity contribution < 1.29 is 9.90 Å². The minimum Gasteiger partial charge on any atom is -0.388 e. The molecule has 1 saturated carbocycles. The Hall–Kier alpha value is -1.35. The smallest absolute Gasteiger partial charge is 0.227 e. The lowest BCUT2D eigenvalue weighted by Gasteiger charge is -2.37. The fraction of sp³-hybridized carbons (Fsp3) is 0.562. The summed E-state index contributed by atoms with van der Waals surface area (Å²) in [4.78, 5) is 12.3. The van der Waals surface area contributed by atoms with Crippen LogP contribution >= 0.6 is 0 Å². The highest BCUT2D eigenvalue weighted by molar-refractivity contribution is 5.84. The van der Waals surface area contributed by atoms with E-state index in [0.717, 1.165) is 24.8 Å². The van der Waals surface area contributed by atoms with Crippen LogP contribution in [0.2, 0.25) is 0 Å². The van der Waals surface area contributed by atoms with Crippen molar-refractivity contribution in [3.8, 4) is 0 Å². The van der Waals surface area contributed by atoms with Crippen molar-refractivity contribution in [1.82, 2.24) is 5.32 Å². The number of hydrogen-bond acceptors (Lipinski definition) is 2. The lowest BCUT2D eigenvalue weighted by Crippen LogP contribution is -2.49. The summed E-state index contributed by atoms with van der Waals surface area (Å²) in [5, 5.41) is 13.0. The highest BCUT2D eigenvalue weighted by Crippen LogP contribution is 2.31. The van der Waals surface area contributed by atoms with E-state index in [1.165, 1.54) is 0 Å². The average molecular weight is 261 g/mol. The maximum atomic E-state index is 12.3. The van der Waals surface area contributed by atoms with Gasteiger partial charge in [-0.2, -0.15) is 0 Å². The molecule has 1 aliphatic rings. The molecule has 0 saturated heterocycles. The van der Waals surface area contributed by atoms with E-state index in [0.29, 0.717) is 6.54 Å². The largest absolute Gasteiger partial charge is 0.388 e. The lowest BCUT2D eigenvalue weighted by atomic mass is 9.80. The van der Waals surface area contributed by atoms with Gasteiger partial charge in [0.2, 0.25) is 5.91 Å². The standard InChI is InChI=1S/C16H23NO2/c1-12(2)14(13-7-4-3-5-8-13)15(18)17-11-16(19)9-6-10-16/h3-5,7-8,12,14,19H,6,9-11H2,1-2H3,(H,17,18). The van der Waals surface area contributed by atoms with E-state index in [1.807, 2.05) is 30.3 Å². The summed E-state index contributed by atoms with van der Waals surface area (Å²) in [7, 11) is 0. The SMILES string of the molecule is CC(C)C(C(=O)NCC1(O)CCC1)c1ccccc1. The quantitative estimate of drug-likeness (QED) is 0.855. The Kier molecular flexibility index (Phi) is 4.25. The van der Waals surface area contributed by atoms with Gasteiger partial charge in [-0.3, -0.25) is 4.79 Å². The number of hydrogen-bond donors (Lipinski definition) is 2. The lowest BCUT2D eigenvalue weighted by molar-refractivity contribution is -0.126. The van der Waals surface area contributed by atoms with Crippen molar-refractivity contribution in [3.63, 3.8) is 0 Å². The maximum Gasteiger partial charge on any atom is 0.227 e. The summed E-state index contributed by atoms with van der Waals surface area (Å²) in [6, 6.07) is 9.84. The molecule has 0 aliphatic heterocycles. The van der Waals surface area contributed by atoms with Crippen molar-refractivity contribution in [2.75, 3.05) is 6.54 Å². The molecule has 0 spiro atoms. The number of carbonyl (C=O) groups is 1. The summed E-state index contributed by atoms with van der Waals surface area (Å²) in [6.07, 6.45) is 2.65. The van der Waals surface area contributed by atoms with Gasteiger partial charge >= 0.3 is 0 Å². The first-order chi connectivity index (χ1) is 9.02. The molecule has 0 aromatic heterocycles. The van der Waals surface area contributed by atoms with E-state index in [1.54, 1.807) is 0 Å². The number of rotatable bonds is 5. The molecule has 104 valence electrons. The Labute approximate surface area is 115 Å². The topological polar surface area (TPSA) is 49.3 Å². The molecule has 0 heterocycles. The molecule has 0 bridgehead atoms. The number of aliphatic hydroxyl groups is 1. The fourth-order valence-electron chi connectivity index (χ4n) is 2.62.